The molecular weight excluding hydrogens is 188 g/mol. The van der Waals surface area contributed by atoms with E-state index in [0.29, 0.717) is 13.2 Å². The third-order valence-corrected chi connectivity index (χ3v) is 0.958. The molecule has 5 heteroatoms. The standard InChI is InChI=1S/C5H10O3.C4H6O2/c1-5(6)8-4-3-7-2;1-3(2)4(5)6/h3-4H2,1-2H3;1H2,2H3,(H,5,6). The summed E-state index contributed by atoms with van der Waals surface area (Å²) in [6.07, 6.45) is 0. The van der Waals surface area contributed by atoms with Crippen molar-refractivity contribution in [3.05, 3.63) is 12.2 Å². The van der Waals surface area contributed by atoms with Crippen LogP contribution in [0.4, 0.5) is 0 Å². The Balaban J connectivity index is 0. The number of carboxylic acids is 1. The SMILES string of the molecule is C=C(C)C(=O)O.COCCOC(C)=O. The summed E-state index contributed by atoms with van der Waals surface area (Å²) in [5.41, 5.74) is 0.176. The highest BCUT2D eigenvalue weighted by Gasteiger charge is 1.90. The number of hydrogen-bond donors (Lipinski definition) is 1. The molecule has 5 nitrogen and oxygen atoms in total. The fraction of sp³-hybridized carbons (Fsp3) is 0.556. The van der Waals surface area contributed by atoms with Crippen LogP contribution in [0.2, 0.25) is 0 Å². The summed E-state index contributed by atoms with van der Waals surface area (Å²) in [4.78, 5) is 19.6. The second kappa shape index (κ2) is 9.73. The van der Waals surface area contributed by atoms with Gasteiger partial charge in [-0.1, -0.05) is 6.58 Å². The summed E-state index contributed by atoms with van der Waals surface area (Å²) in [7, 11) is 1.56. The topological polar surface area (TPSA) is 72.8 Å². The van der Waals surface area contributed by atoms with Gasteiger partial charge < -0.3 is 14.6 Å². The smallest absolute Gasteiger partial charge is 0.330 e. The molecule has 0 aromatic rings. The zero-order valence-electron chi connectivity index (χ0n) is 8.70. The highest BCUT2D eigenvalue weighted by atomic mass is 16.6. The van der Waals surface area contributed by atoms with E-state index in [1.165, 1.54) is 13.8 Å². The van der Waals surface area contributed by atoms with E-state index in [0.717, 1.165) is 0 Å². The van der Waals surface area contributed by atoms with Crippen LogP contribution in [0.3, 0.4) is 0 Å². The first-order valence-electron chi connectivity index (χ1n) is 3.93. The maximum absolute atomic E-state index is 10.0. The Morgan fingerprint density at radius 2 is 1.71 bits per heavy atom. The van der Waals surface area contributed by atoms with Gasteiger partial charge in [0, 0.05) is 19.6 Å². The average Bonchev–Trinajstić information content (AvgIpc) is 2.05. The highest BCUT2D eigenvalue weighted by Crippen LogP contribution is 1.81. The molecule has 0 rings (SSSR count). The second-order valence-electron chi connectivity index (χ2n) is 2.42. The van der Waals surface area contributed by atoms with Gasteiger partial charge in [-0.25, -0.2) is 4.79 Å². The third-order valence-electron chi connectivity index (χ3n) is 0.958. The molecule has 0 radical (unpaired) electrons. The molecule has 0 amide bonds. The molecule has 0 atom stereocenters. The molecule has 0 spiro atoms. The van der Waals surface area contributed by atoms with Crippen molar-refractivity contribution in [2.24, 2.45) is 0 Å². The number of carbonyl (C=O) groups is 2. The number of carboxylic acid groups (broad SMARTS) is 1. The van der Waals surface area contributed by atoms with Gasteiger partial charge in [-0.05, 0) is 6.92 Å². The van der Waals surface area contributed by atoms with E-state index in [-0.39, 0.29) is 11.5 Å². The summed E-state index contributed by atoms with van der Waals surface area (Å²) in [6.45, 7) is 6.80. The summed E-state index contributed by atoms with van der Waals surface area (Å²) in [5.74, 6) is -1.20. The normalized spacial score (nSPS) is 8.21. The molecule has 0 saturated carbocycles. The molecule has 0 aliphatic rings. The van der Waals surface area contributed by atoms with Gasteiger partial charge in [-0.3, -0.25) is 4.79 Å². The van der Waals surface area contributed by atoms with Gasteiger partial charge in [-0.15, -0.1) is 0 Å². The Morgan fingerprint density at radius 3 is 1.93 bits per heavy atom. The highest BCUT2D eigenvalue weighted by molar-refractivity contribution is 5.84. The zero-order valence-corrected chi connectivity index (χ0v) is 8.70. The van der Waals surface area contributed by atoms with E-state index in [4.69, 9.17) is 5.11 Å². The Bertz CT molecular complexity index is 185. The van der Waals surface area contributed by atoms with E-state index in [9.17, 15) is 9.59 Å². The lowest BCUT2D eigenvalue weighted by atomic mass is 10.4. The number of rotatable bonds is 4. The van der Waals surface area contributed by atoms with Gasteiger partial charge in [-0.2, -0.15) is 0 Å². The van der Waals surface area contributed by atoms with Gasteiger partial charge in [0.15, 0.2) is 0 Å². The van der Waals surface area contributed by atoms with Crippen molar-refractivity contribution < 1.29 is 24.2 Å². The van der Waals surface area contributed by atoms with E-state index < -0.39 is 5.97 Å². The number of ether oxygens (including phenoxy) is 2. The number of hydrogen-bond acceptors (Lipinski definition) is 4. The first-order valence-corrected chi connectivity index (χ1v) is 3.93. The predicted molar refractivity (Wildman–Crippen MR) is 51.0 cm³/mol. The average molecular weight is 204 g/mol. The Hall–Kier alpha value is -1.36. The van der Waals surface area contributed by atoms with E-state index >= 15 is 0 Å². The van der Waals surface area contributed by atoms with Crippen LogP contribution in [-0.4, -0.2) is 37.4 Å². The van der Waals surface area contributed by atoms with E-state index in [1.54, 1.807) is 7.11 Å². The molecule has 0 heterocycles. The van der Waals surface area contributed by atoms with Crippen molar-refractivity contribution in [1.82, 2.24) is 0 Å². The lowest BCUT2D eigenvalue weighted by Crippen LogP contribution is -2.05. The molecule has 0 fully saturated rings. The van der Waals surface area contributed by atoms with Gasteiger partial charge >= 0.3 is 11.9 Å². The lowest BCUT2D eigenvalue weighted by molar-refractivity contribution is -0.142. The molecule has 0 aromatic carbocycles. The Kier molecular flexibility index (Phi) is 10.5. The van der Waals surface area contributed by atoms with Crippen LogP contribution < -0.4 is 0 Å². The van der Waals surface area contributed by atoms with Gasteiger partial charge in [0.2, 0.25) is 0 Å². The van der Waals surface area contributed by atoms with Crippen LogP contribution in [0.5, 0.6) is 0 Å². The maximum atomic E-state index is 10.0. The van der Waals surface area contributed by atoms with Crippen molar-refractivity contribution in [2.75, 3.05) is 20.3 Å². The lowest BCUT2D eigenvalue weighted by Gasteiger charge is -1.97. The van der Waals surface area contributed by atoms with Gasteiger partial charge in [0.05, 0.1) is 6.61 Å². The first-order chi connectivity index (χ1) is 6.41. The molecule has 1 N–H and O–H groups in total. The van der Waals surface area contributed by atoms with Crippen molar-refractivity contribution in [1.29, 1.82) is 0 Å². The summed E-state index contributed by atoms with van der Waals surface area (Å²) in [6, 6.07) is 0. The number of esters is 1. The first kappa shape index (κ1) is 15.1. The fourth-order valence-electron chi connectivity index (χ4n) is 0.269. The summed E-state index contributed by atoms with van der Waals surface area (Å²) >= 11 is 0. The minimum absolute atomic E-state index is 0.176. The van der Waals surface area contributed by atoms with Gasteiger partial charge in [0.1, 0.15) is 6.61 Å². The molecule has 0 aliphatic heterocycles. The number of methoxy groups -OCH3 is 1. The van der Waals surface area contributed by atoms with Crippen molar-refractivity contribution >= 4 is 11.9 Å². The third kappa shape index (κ3) is 16.9. The summed E-state index contributed by atoms with van der Waals surface area (Å²) in [5, 5.41) is 7.89. The van der Waals surface area contributed by atoms with Crippen LogP contribution in [-0.2, 0) is 19.1 Å². The van der Waals surface area contributed by atoms with E-state index in [2.05, 4.69) is 16.1 Å². The van der Waals surface area contributed by atoms with Crippen molar-refractivity contribution in [3.63, 3.8) is 0 Å². The maximum Gasteiger partial charge on any atom is 0.330 e. The monoisotopic (exact) mass is 204 g/mol. The predicted octanol–water partition coefficient (Wildman–Crippen LogP) is 0.843. The quantitative estimate of drug-likeness (QED) is 0.417. The number of aliphatic carboxylic acids is 1. The molecule has 0 aromatic heterocycles. The minimum atomic E-state index is -0.935. The molecule has 0 aliphatic carbocycles. The summed E-state index contributed by atoms with van der Waals surface area (Å²) < 4.78 is 9.13. The fourth-order valence-corrected chi connectivity index (χ4v) is 0.269. The molecule has 0 unspecified atom stereocenters. The van der Waals surface area contributed by atoms with E-state index in [1.807, 2.05) is 0 Å². The molecule has 0 saturated heterocycles. The van der Waals surface area contributed by atoms with Gasteiger partial charge in [0.25, 0.3) is 0 Å². The molecule has 82 valence electrons. The van der Waals surface area contributed by atoms with Crippen molar-refractivity contribution in [2.45, 2.75) is 13.8 Å². The van der Waals surface area contributed by atoms with Crippen LogP contribution in [0.1, 0.15) is 13.8 Å². The Labute approximate surface area is 83.3 Å². The van der Waals surface area contributed by atoms with Crippen LogP contribution in [0.25, 0.3) is 0 Å². The minimum Gasteiger partial charge on any atom is -0.478 e. The Morgan fingerprint density at radius 1 is 1.29 bits per heavy atom. The largest absolute Gasteiger partial charge is 0.478 e. The van der Waals surface area contributed by atoms with Crippen LogP contribution in [0.15, 0.2) is 12.2 Å². The van der Waals surface area contributed by atoms with Crippen LogP contribution in [0, 0.1) is 0 Å². The second-order valence-corrected chi connectivity index (χ2v) is 2.42. The van der Waals surface area contributed by atoms with Crippen molar-refractivity contribution in [3.8, 4) is 0 Å². The molecule has 0 bridgehead atoms. The van der Waals surface area contributed by atoms with Crippen LogP contribution >= 0.6 is 0 Å². The zero-order chi connectivity index (χ0) is 11.6. The number of carbonyl (C=O) groups excluding carboxylic acids is 1. The molecular formula is C9H16O5. The molecule has 14 heavy (non-hydrogen) atoms.